The first-order valence-corrected chi connectivity index (χ1v) is 5.16. The van der Waals surface area contributed by atoms with E-state index in [4.69, 9.17) is 5.73 Å². The number of primary amides is 1. The van der Waals surface area contributed by atoms with Crippen LogP contribution in [0.1, 0.15) is 46.0 Å². The van der Waals surface area contributed by atoms with Crippen LogP contribution in [0.5, 0.6) is 0 Å². The summed E-state index contributed by atoms with van der Waals surface area (Å²) in [5, 5.41) is 3.37. The summed E-state index contributed by atoms with van der Waals surface area (Å²) in [5.74, 6) is -0.234. The molecule has 1 rings (SSSR count). The lowest BCUT2D eigenvalue weighted by Crippen LogP contribution is -2.55. The van der Waals surface area contributed by atoms with Gasteiger partial charge in [-0.3, -0.25) is 4.79 Å². The molecule has 1 saturated carbocycles. The van der Waals surface area contributed by atoms with Gasteiger partial charge in [0.15, 0.2) is 0 Å². The van der Waals surface area contributed by atoms with Gasteiger partial charge in [0.25, 0.3) is 0 Å². The topological polar surface area (TPSA) is 55.1 Å². The highest BCUT2D eigenvalue weighted by atomic mass is 16.1. The number of carbonyl (C=O) groups is 1. The van der Waals surface area contributed by atoms with Gasteiger partial charge in [0.2, 0.25) is 5.91 Å². The fourth-order valence-corrected chi connectivity index (χ4v) is 1.87. The zero-order chi connectivity index (χ0) is 9.90. The highest BCUT2D eigenvalue weighted by molar-refractivity contribution is 5.84. The minimum atomic E-state index is -0.505. The van der Waals surface area contributed by atoms with Crippen molar-refractivity contribution < 1.29 is 4.79 Å². The summed E-state index contributed by atoms with van der Waals surface area (Å²) in [4.78, 5) is 11.2. The third-order valence-corrected chi connectivity index (χ3v) is 3.13. The SMILES string of the molecule is CCC(C)(NC1CCCC1)C(N)=O. The monoisotopic (exact) mass is 184 g/mol. The van der Waals surface area contributed by atoms with Crippen molar-refractivity contribution in [1.29, 1.82) is 0 Å². The molecule has 3 nitrogen and oxygen atoms in total. The van der Waals surface area contributed by atoms with Crippen LogP contribution in [-0.2, 0) is 4.79 Å². The van der Waals surface area contributed by atoms with Crippen molar-refractivity contribution in [3.8, 4) is 0 Å². The van der Waals surface area contributed by atoms with Crippen molar-refractivity contribution in [3.63, 3.8) is 0 Å². The fraction of sp³-hybridized carbons (Fsp3) is 0.900. The highest BCUT2D eigenvalue weighted by Crippen LogP contribution is 2.21. The Morgan fingerprint density at radius 2 is 2.08 bits per heavy atom. The Morgan fingerprint density at radius 3 is 2.46 bits per heavy atom. The van der Waals surface area contributed by atoms with Crippen molar-refractivity contribution in [2.45, 2.75) is 57.5 Å². The van der Waals surface area contributed by atoms with E-state index >= 15 is 0 Å². The van der Waals surface area contributed by atoms with Crippen molar-refractivity contribution in [2.24, 2.45) is 5.73 Å². The number of hydrogen-bond donors (Lipinski definition) is 2. The predicted molar refractivity (Wildman–Crippen MR) is 53.3 cm³/mol. The maximum atomic E-state index is 11.2. The molecular formula is C10H20N2O. The van der Waals surface area contributed by atoms with Gasteiger partial charge >= 0.3 is 0 Å². The molecule has 0 aliphatic heterocycles. The summed E-state index contributed by atoms with van der Waals surface area (Å²) < 4.78 is 0. The Morgan fingerprint density at radius 1 is 1.54 bits per heavy atom. The summed E-state index contributed by atoms with van der Waals surface area (Å²) in [6.45, 7) is 3.89. The molecule has 0 spiro atoms. The molecule has 13 heavy (non-hydrogen) atoms. The minimum Gasteiger partial charge on any atom is -0.368 e. The van der Waals surface area contributed by atoms with E-state index in [1.54, 1.807) is 0 Å². The molecule has 3 N–H and O–H groups in total. The Labute approximate surface area is 80.1 Å². The standard InChI is InChI=1S/C10H20N2O/c1-3-10(2,9(11)13)12-8-6-4-5-7-8/h8,12H,3-7H2,1-2H3,(H2,11,13). The molecule has 76 valence electrons. The van der Waals surface area contributed by atoms with Crippen molar-refractivity contribution in [3.05, 3.63) is 0 Å². The van der Waals surface area contributed by atoms with Gasteiger partial charge in [-0.2, -0.15) is 0 Å². The van der Waals surface area contributed by atoms with Crippen LogP contribution < -0.4 is 11.1 Å². The average molecular weight is 184 g/mol. The first-order chi connectivity index (χ1) is 6.08. The number of amides is 1. The molecule has 0 aromatic carbocycles. The zero-order valence-corrected chi connectivity index (χ0v) is 8.60. The largest absolute Gasteiger partial charge is 0.368 e. The zero-order valence-electron chi connectivity index (χ0n) is 8.60. The van der Waals surface area contributed by atoms with Gasteiger partial charge in [0, 0.05) is 6.04 Å². The molecule has 3 heteroatoms. The van der Waals surface area contributed by atoms with E-state index in [9.17, 15) is 4.79 Å². The number of rotatable bonds is 4. The van der Waals surface area contributed by atoms with Crippen LogP contribution in [0, 0.1) is 0 Å². The Bertz CT molecular complexity index is 187. The van der Waals surface area contributed by atoms with Gasteiger partial charge in [0.1, 0.15) is 0 Å². The lowest BCUT2D eigenvalue weighted by atomic mass is 9.96. The Hall–Kier alpha value is -0.570. The summed E-state index contributed by atoms with van der Waals surface area (Å²) >= 11 is 0. The molecule has 1 aliphatic carbocycles. The van der Waals surface area contributed by atoms with E-state index in [0.29, 0.717) is 6.04 Å². The lowest BCUT2D eigenvalue weighted by Gasteiger charge is -2.29. The predicted octanol–water partition coefficient (Wildman–Crippen LogP) is 1.17. The third-order valence-electron chi connectivity index (χ3n) is 3.13. The lowest BCUT2D eigenvalue weighted by molar-refractivity contribution is -0.124. The second-order valence-electron chi connectivity index (χ2n) is 4.18. The number of hydrogen-bond acceptors (Lipinski definition) is 2. The van der Waals surface area contributed by atoms with Crippen LogP contribution in [0.4, 0.5) is 0 Å². The number of carbonyl (C=O) groups excluding carboxylic acids is 1. The minimum absolute atomic E-state index is 0.234. The van der Waals surface area contributed by atoms with E-state index in [1.807, 2.05) is 13.8 Å². The summed E-state index contributed by atoms with van der Waals surface area (Å²) in [6, 6.07) is 0.498. The number of nitrogens with one attached hydrogen (secondary N) is 1. The molecule has 0 aromatic rings. The first-order valence-electron chi connectivity index (χ1n) is 5.16. The van der Waals surface area contributed by atoms with Crippen LogP contribution in [0.2, 0.25) is 0 Å². The second-order valence-corrected chi connectivity index (χ2v) is 4.18. The van der Waals surface area contributed by atoms with Gasteiger partial charge in [-0.25, -0.2) is 0 Å². The van der Waals surface area contributed by atoms with Gasteiger partial charge in [-0.05, 0) is 26.2 Å². The van der Waals surface area contributed by atoms with E-state index in [1.165, 1.54) is 25.7 Å². The molecule has 1 aliphatic rings. The first kappa shape index (κ1) is 10.5. The van der Waals surface area contributed by atoms with Gasteiger partial charge in [0.05, 0.1) is 5.54 Å². The fourth-order valence-electron chi connectivity index (χ4n) is 1.87. The average Bonchev–Trinajstić information content (AvgIpc) is 2.56. The van der Waals surface area contributed by atoms with Crippen molar-refractivity contribution >= 4 is 5.91 Å². The Kier molecular flexibility index (Phi) is 3.31. The van der Waals surface area contributed by atoms with Crippen LogP contribution in [0.15, 0.2) is 0 Å². The molecule has 0 heterocycles. The highest BCUT2D eigenvalue weighted by Gasteiger charge is 2.32. The molecule has 0 aromatic heterocycles. The van der Waals surface area contributed by atoms with E-state index in [-0.39, 0.29) is 5.91 Å². The van der Waals surface area contributed by atoms with Crippen LogP contribution in [0.25, 0.3) is 0 Å². The van der Waals surface area contributed by atoms with Crippen LogP contribution >= 0.6 is 0 Å². The van der Waals surface area contributed by atoms with E-state index in [2.05, 4.69) is 5.32 Å². The summed E-state index contributed by atoms with van der Waals surface area (Å²) in [7, 11) is 0. The maximum Gasteiger partial charge on any atom is 0.237 e. The molecule has 1 atom stereocenters. The molecule has 1 fully saturated rings. The van der Waals surface area contributed by atoms with E-state index < -0.39 is 5.54 Å². The van der Waals surface area contributed by atoms with Crippen LogP contribution in [0.3, 0.4) is 0 Å². The molecular weight excluding hydrogens is 164 g/mol. The molecule has 1 amide bonds. The Balaban J connectivity index is 2.51. The maximum absolute atomic E-state index is 11.2. The third kappa shape index (κ3) is 2.44. The van der Waals surface area contributed by atoms with Gasteiger partial charge in [-0.1, -0.05) is 19.8 Å². The van der Waals surface area contributed by atoms with Gasteiger partial charge in [-0.15, -0.1) is 0 Å². The quantitative estimate of drug-likeness (QED) is 0.689. The molecule has 0 saturated heterocycles. The number of nitrogens with two attached hydrogens (primary N) is 1. The van der Waals surface area contributed by atoms with E-state index in [0.717, 1.165) is 6.42 Å². The molecule has 0 radical (unpaired) electrons. The normalized spacial score (nSPS) is 22.9. The summed E-state index contributed by atoms with van der Waals surface area (Å²) in [6.07, 6.45) is 5.68. The molecule has 1 unspecified atom stereocenters. The smallest absolute Gasteiger partial charge is 0.237 e. The molecule has 0 bridgehead atoms. The van der Waals surface area contributed by atoms with Crippen molar-refractivity contribution in [1.82, 2.24) is 5.32 Å². The van der Waals surface area contributed by atoms with Crippen molar-refractivity contribution in [2.75, 3.05) is 0 Å². The van der Waals surface area contributed by atoms with Crippen LogP contribution in [-0.4, -0.2) is 17.5 Å². The summed E-state index contributed by atoms with van der Waals surface area (Å²) in [5.41, 5.74) is 4.85. The van der Waals surface area contributed by atoms with Gasteiger partial charge < -0.3 is 11.1 Å². The second kappa shape index (κ2) is 4.09.